The van der Waals surface area contributed by atoms with Gasteiger partial charge in [-0.2, -0.15) is 0 Å². The van der Waals surface area contributed by atoms with Crippen LogP contribution in [0.15, 0.2) is 16.6 Å². The lowest BCUT2D eigenvalue weighted by Gasteiger charge is -2.11. The van der Waals surface area contributed by atoms with Crippen molar-refractivity contribution in [3.63, 3.8) is 0 Å². The summed E-state index contributed by atoms with van der Waals surface area (Å²) in [5.41, 5.74) is 10.9. The average Bonchev–Trinajstić information content (AvgIpc) is 2.30. The molecule has 0 spiro atoms. The summed E-state index contributed by atoms with van der Waals surface area (Å²) in [5.74, 6) is -0.463. The van der Waals surface area contributed by atoms with Crippen LogP contribution in [-0.2, 0) is 4.79 Å². The van der Waals surface area contributed by atoms with Crippen molar-refractivity contribution in [1.29, 1.82) is 0 Å². The number of carbonyl (C=O) groups is 1. The first kappa shape index (κ1) is 15.4. The molecule has 1 atom stereocenters. The van der Waals surface area contributed by atoms with Gasteiger partial charge in [0.15, 0.2) is 5.75 Å². The minimum Gasteiger partial charge on any atom is -0.487 e. The summed E-state index contributed by atoms with van der Waals surface area (Å²) in [4.78, 5) is 21.2. The number of hydrogen-bond donors (Lipinski definition) is 2. The molecule has 4 N–H and O–H groups in total. The van der Waals surface area contributed by atoms with Gasteiger partial charge in [-0.05, 0) is 18.6 Å². The highest BCUT2D eigenvalue weighted by Crippen LogP contribution is 2.34. The van der Waals surface area contributed by atoms with Gasteiger partial charge in [0, 0.05) is 17.0 Å². The topological polar surface area (TPSA) is 121 Å². The predicted octanol–water partition coefficient (Wildman–Crippen LogP) is 1.25. The van der Waals surface area contributed by atoms with Crippen LogP contribution >= 0.6 is 15.9 Å². The molecule has 1 amide bonds. The summed E-state index contributed by atoms with van der Waals surface area (Å²) in [6.45, 7) is 1.77. The number of aryl methyl sites for hydroxylation is 1. The third-order valence-electron chi connectivity index (χ3n) is 2.46. The molecule has 0 bridgehead atoms. The number of nitrogens with two attached hydrogens (primary N) is 2. The summed E-state index contributed by atoms with van der Waals surface area (Å²) in [6, 6.07) is 2.24. The second kappa shape index (κ2) is 6.48. The van der Waals surface area contributed by atoms with Gasteiger partial charge >= 0.3 is 5.69 Å². The van der Waals surface area contributed by atoms with Crippen molar-refractivity contribution in [3.05, 3.63) is 32.3 Å². The second-order valence-corrected chi connectivity index (χ2v) is 4.89. The van der Waals surface area contributed by atoms with Crippen molar-refractivity contribution < 1.29 is 14.5 Å². The van der Waals surface area contributed by atoms with Crippen LogP contribution in [0.5, 0.6) is 5.75 Å². The van der Waals surface area contributed by atoms with Crippen molar-refractivity contribution in [2.45, 2.75) is 19.4 Å². The van der Waals surface area contributed by atoms with Gasteiger partial charge in [-0.3, -0.25) is 14.9 Å². The largest absolute Gasteiger partial charge is 0.487 e. The van der Waals surface area contributed by atoms with Crippen LogP contribution in [0.4, 0.5) is 5.69 Å². The molecular weight excluding hydrogens is 318 g/mol. The molecule has 0 heterocycles. The average molecular weight is 332 g/mol. The Labute approximate surface area is 118 Å². The summed E-state index contributed by atoms with van der Waals surface area (Å²) in [6.07, 6.45) is 0.196. The lowest BCUT2D eigenvalue weighted by atomic mass is 10.2. The SMILES string of the molecule is Cc1cc(Br)cc([N+](=O)[O-])c1OCCC(N)C(N)=O. The van der Waals surface area contributed by atoms with E-state index < -0.39 is 16.9 Å². The van der Waals surface area contributed by atoms with Crippen molar-refractivity contribution >= 4 is 27.5 Å². The van der Waals surface area contributed by atoms with E-state index in [9.17, 15) is 14.9 Å². The molecule has 0 saturated carbocycles. The van der Waals surface area contributed by atoms with Gasteiger partial charge in [0.25, 0.3) is 0 Å². The Morgan fingerprint density at radius 2 is 2.21 bits per heavy atom. The van der Waals surface area contributed by atoms with E-state index in [1.807, 2.05) is 0 Å². The Balaban J connectivity index is 2.83. The van der Waals surface area contributed by atoms with E-state index >= 15 is 0 Å². The number of nitro benzene ring substituents is 1. The lowest BCUT2D eigenvalue weighted by molar-refractivity contribution is -0.386. The highest BCUT2D eigenvalue weighted by Gasteiger charge is 2.19. The van der Waals surface area contributed by atoms with Crippen LogP contribution in [-0.4, -0.2) is 23.5 Å². The van der Waals surface area contributed by atoms with Crippen LogP contribution in [0.25, 0.3) is 0 Å². The Morgan fingerprint density at radius 3 is 2.74 bits per heavy atom. The number of rotatable bonds is 6. The number of benzene rings is 1. The number of carbonyl (C=O) groups excluding carboxylic acids is 1. The van der Waals surface area contributed by atoms with E-state index in [0.29, 0.717) is 10.0 Å². The summed E-state index contributed by atoms with van der Waals surface area (Å²) in [7, 11) is 0. The molecule has 0 aliphatic heterocycles. The van der Waals surface area contributed by atoms with Crippen LogP contribution in [0.1, 0.15) is 12.0 Å². The van der Waals surface area contributed by atoms with Gasteiger partial charge in [0.2, 0.25) is 5.91 Å². The molecule has 7 nitrogen and oxygen atoms in total. The highest BCUT2D eigenvalue weighted by atomic mass is 79.9. The Kier molecular flexibility index (Phi) is 5.25. The number of nitrogens with zero attached hydrogens (tertiary/aromatic N) is 1. The van der Waals surface area contributed by atoms with Gasteiger partial charge < -0.3 is 16.2 Å². The van der Waals surface area contributed by atoms with Crippen LogP contribution < -0.4 is 16.2 Å². The maximum Gasteiger partial charge on any atom is 0.312 e. The third kappa shape index (κ3) is 4.18. The highest BCUT2D eigenvalue weighted by molar-refractivity contribution is 9.10. The van der Waals surface area contributed by atoms with Crippen molar-refractivity contribution in [1.82, 2.24) is 0 Å². The van der Waals surface area contributed by atoms with Gasteiger partial charge in [0.05, 0.1) is 17.6 Å². The third-order valence-corrected chi connectivity index (χ3v) is 2.92. The van der Waals surface area contributed by atoms with E-state index in [2.05, 4.69) is 15.9 Å². The molecule has 1 rings (SSSR count). The molecule has 0 aromatic heterocycles. The fourth-order valence-electron chi connectivity index (χ4n) is 1.47. The zero-order valence-corrected chi connectivity index (χ0v) is 11.8. The molecular formula is C11H14BrN3O4. The number of ether oxygens (including phenoxy) is 1. The van der Waals surface area contributed by atoms with E-state index in [1.54, 1.807) is 13.0 Å². The first-order chi connectivity index (χ1) is 8.82. The summed E-state index contributed by atoms with van der Waals surface area (Å²) < 4.78 is 5.95. The Hall–Kier alpha value is -1.67. The monoisotopic (exact) mass is 331 g/mol. The first-order valence-corrected chi connectivity index (χ1v) is 6.24. The van der Waals surface area contributed by atoms with Crippen molar-refractivity contribution in [3.8, 4) is 5.75 Å². The molecule has 0 aliphatic carbocycles. The number of hydrogen-bond acceptors (Lipinski definition) is 5. The standard InChI is InChI=1S/C11H14BrN3O4/c1-6-4-7(12)5-9(15(17)18)10(6)19-3-2-8(13)11(14)16/h4-5,8H,2-3,13H2,1H3,(H2,14,16). The molecule has 1 aromatic rings. The van der Waals surface area contributed by atoms with Gasteiger partial charge in [0.1, 0.15) is 0 Å². The molecule has 0 radical (unpaired) electrons. The van der Waals surface area contributed by atoms with Crippen molar-refractivity contribution in [2.24, 2.45) is 11.5 Å². The van der Waals surface area contributed by atoms with E-state index in [-0.39, 0.29) is 24.5 Å². The molecule has 0 fully saturated rings. The normalized spacial score (nSPS) is 11.9. The second-order valence-electron chi connectivity index (χ2n) is 3.97. The van der Waals surface area contributed by atoms with Crippen LogP contribution in [0.3, 0.4) is 0 Å². The Morgan fingerprint density at radius 1 is 1.58 bits per heavy atom. The number of halogens is 1. The number of amides is 1. The molecule has 0 saturated heterocycles. The fourth-order valence-corrected chi connectivity index (χ4v) is 2.03. The van der Waals surface area contributed by atoms with Crippen molar-refractivity contribution in [2.75, 3.05) is 6.61 Å². The smallest absolute Gasteiger partial charge is 0.312 e. The maximum atomic E-state index is 10.9. The lowest BCUT2D eigenvalue weighted by Crippen LogP contribution is -2.37. The minimum absolute atomic E-state index is 0.0768. The first-order valence-electron chi connectivity index (χ1n) is 5.45. The zero-order valence-electron chi connectivity index (χ0n) is 10.3. The number of primary amides is 1. The van der Waals surface area contributed by atoms with E-state index in [0.717, 1.165) is 0 Å². The summed E-state index contributed by atoms with van der Waals surface area (Å²) >= 11 is 3.18. The molecule has 1 unspecified atom stereocenters. The predicted molar refractivity (Wildman–Crippen MR) is 72.8 cm³/mol. The molecule has 0 aliphatic rings. The maximum absolute atomic E-state index is 10.9. The van der Waals surface area contributed by atoms with Gasteiger partial charge in [-0.15, -0.1) is 0 Å². The quantitative estimate of drug-likeness (QED) is 0.600. The summed E-state index contributed by atoms with van der Waals surface area (Å²) in [5, 5.41) is 10.9. The van der Waals surface area contributed by atoms with Gasteiger partial charge in [-0.25, -0.2) is 0 Å². The molecule has 19 heavy (non-hydrogen) atoms. The molecule has 1 aromatic carbocycles. The fraction of sp³-hybridized carbons (Fsp3) is 0.364. The van der Waals surface area contributed by atoms with Crippen LogP contribution in [0.2, 0.25) is 0 Å². The molecule has 104 valence electrons. The minimum atomic E-state index is -0.824. The zero-order chi connectivity index (χ0) is 14.6. The van der Waals surface area contributed by atoms with Crippen LogP contribution in [0, 0.1) is 17.0 Å². The van der Waals surface area contributed by atoms with E-state index in [4.69, 9.17) is 16.2 Å². The van der Waals surface area contributed by atoms with Gasteiger partial charge in [-0.1, -0.05) is 15.9 Å². The number of nitro groups is 1. The molecule has 8 heteroatoms. The van der Waals surface area contributed by atoms with E-state index in [1.165, 1.54) is 6.07 Å². The Bertz CT molecular complexity index is 507.